The lowest BCUT2D eigenvalue weighted by molar-refractivity contribution is 0.0689. The zero-order valence-electron chi connectivity index (χ0n) is 13.1. The van der Waals surface area contributed by atoms with Crippen molar-refractivity contribution in [3.63, 3.8) is 0 Å². The Hall–Kier alpha value is -2.85. The molecule has 2 atom stereocenters. The molecule has 0 saturated heterocycles. The average Bonchev–Trinajstić information content (AvgIpc) is 3.08. The number of amides is 1. The number of rotatable bonds is 1. The first-order valence-corrected chi connectivity index (χ1v) is 7.92. The molecule has 118 valence electrons. The second-order valence-electron chi connectivity index (χ2n) is 6.24. The number of methoxy groups -OCH3 is 1. The van der Waals surface area contributed by atoms with E-state index in [0.29, 0.717) is 11.3 Å². The molecule has 0 saturated carbocycles. The Morgan fingerprint density at radius 3 is 2.71 bits per heavy atom. The maximum Gasteiger partial charge on any atom is 0.259 e. The van der Waals surface area contributed by atoms with Gasteiger partial charge in [-0.05, 0) is 41.0 Å². The molecule has 24 heavy (non-hydrogen) atoms. The number of aliphatic hydroxyl groups excluding tert-OH is 1. The number of nitrogens with zero attached hydrogens (tertiary/aromatic N) is 1. The maximum atomic E-state index is 13.0. The van der Waals surface area contributed by atoms with Gasteiger partial charge in [-0.2, -0.15) is 0 Å². The van der Waals surface area contributed by atoms with Gasteiger partial charge in [0, 0.05) is 5.56 Å². The van der Waals surface area contributed by atoms with E-state index >= 15 is 0 Å². The van der Waals surface area contributed by atoms with Crippen molar-refractivity contribution in [3.8, 4) is 5.75 Å². The molecule has 1 aliphatic carbocycles. The van der Waals surface area contributed by atoms with Gasteiger partial charge in [0.1, 0.15) is 11.9 Å². The van der Waals surface area contributed by atoms with E-state index in [0.717, 1.165) is 28.0 Å². The van der Waals surface area contributed by atoms with Crippen molar-refractivity contribution in [1.82, 2.24) is 4.90 Å². The number of benzene rings is 2. The normalized spacial score (nSPS) is 23.1. The van der Waals surface area contributed by atoms with Crippen LogP contribution in [0, 0.1) is 0 Å². The smallest absolute Gasteiger partial charge is 0.259 e. The summed E-state index contributed by atoms with van der Waals surface area (Å²) in [5, 5.41) is 10.8. The van der Waals surface area contributed by atoms with E-state index in [4.69, 9.17) is 4.74 Å². The fourth-order valence-electron chi connectivity index (χ4n) is 4.02. The second kappa shape index (κ2) is 4.58. The number of carbonyl (C=O) groups excluding carboxylic acids is 1. The van der Waals surface area contributed by atoms with E-state index in [1.165, 1.54) is 0 Å². The van der Waals surface area contributed by atoms with Gasteiger partial charge in [-0.1, -0.05) is 30.3 Å². The Morgan fingerprint density at radius 1 is 1.04 bits per heavy atom. The Bertz CT molecular complexity index is 957. The van der Waals surface area contributed by atoms with E-state index in [1.807, 2.05) is 48.6 Å². The molecule has 0 bridgehead atoms. The first-order chi connectivity index (χ1) is 11.7. The number of allylic oxidation sites excluding steroid dienone is 2. The molecule has 3 aliphatic rings. The van der Waals surface area contributed by atoms with Crippen LogP contribution < -0.4 is 4.74 Å². The summed E-state index contributed by atoms with van der Waals surface area (Å²) in [5.41, 5.74) is 5.25. The number of ether oxygens (including phenoxy) is 1. The Labute approximate surface area is 139 Å². The van der Waals surface area contributed by atoms with Crippen molar-refractivity contribution in [2.24, 2.45) is 0 Å². The molecule has 5 rings (SSSR count). The molecule has 4 heteroatoms. The van der Waals surface area contributed by atoms with Crippen LogP contribution in [0.2, 0.25) is 0 Å². The van der Waals surface area contributed by atoms with Crippen LogP contribution in [0.4, 0.5) is 0 Å². The zero-order chi connectivity index (χ0) is 16.4. The summed E-state index contributed by atoms with van der Waals surface area (Å²) in [4.78, 5) is 14.8. The number of hydrogen-bond donors (Lipinski definition) is 1. The van der Waals surface area contributed by atoms with Crippen LogP contribution in [-0.2, 0) is 0 Å². The Kier molecular flexibility index (Phi) is 2.59. The van der Waals surface area contributed by atoms with Crippen LogP contribution in [0.25, 0.3) is 11.3 Å². The van der Waals surface area contributed by atoms with Crippen molar-refractivity contribution in [2.75, 3.05) is 7.11 Å². The molecule has 2 heterocycles. The first kappa shape index (κ1) is 13.6. The van der Waals surface area contributed by atoms with E-state index in [2.05, 4.69) is 0 Å². The monoisotopic (exact) mass is 317 g/mol. The lowest BCUT2D eigenvalue weighted by atomic mass is 9.99. The molecule has 0 aromatic heterocycles. The van der Waals surface area contributed by atoms with Crippen molar-refractivity contribution in [3.05, 3.63) is 76.9 Å². The van der Waals surface area contributed by atoms with Crippen LogP contribution in [0.5, 0.6) is 5.75 Å². The highest BCUT2D eigenvalue weighted by Gasteiger charge is 2.47. The standard InChI is InChI=1S/C20H15NO3/c1-24-11-6-7-13-16(10-11)20(23)21-17(13)9-8-14-12-4-2-3-5-15(12)19(22)18(14)21/h2-10,18-19,22H,1H3/t18-,19-/m1/s1. The van der Waals surface area contributed by atoms with Crippen LogP contribution in [0.1, 0.15) is 33.2 Å². The molecule has 0 fully saturated rings. The number of carbonyl (C=O) groups is 1. The summed E-state index contributed by atoms with van der Waals surface area (Å²) in [6.45, 7) is 0. The Balaban J connectivity index is 1.69. The Morgan fingerprint density at radius 2 is 1.88 bits per heavy atom. The minimum absolute atomic E-state index is 0.0855. The predicted octanol–water partition coefficient (Wildman–Crippen LogP) is 3.00. The zero-order valence-corrected chi connectivity index (χ0v) is 13.1. The highest BCUT2D eigenvalue weighted by atomic mass is 16.5. The summed E-state index contributed by atoms with van der Waals surface area (Å²) in [6, 6.07) is 13.0. The fraction of sp³-hybridized carbons (Fsp3) is 0.150. The molecule has 2 aliphatic heterocycles. The molecule has 2 aromatic carbocycles. The molecular weight excluding hydrogens is 302 g/mol. The van der Waals surface area contributed by atoms with Gasteiger partial charge in [-0.3, -0.25) is 9.69 Å². The van der Waals surface area contributed by atoms with Crippen molar-refractivity contribution in [1.29, 1.82) is 0 Å². The maximum absolute atomic E-state index is 13.0. The van der Waals surface area contributed by atoms with Crippen LogP contribution in [0.3, 0.4) is 0 Å². The summed E-state index contributed by atoms with van der Waals surface area (Å²) >= 11 is 0. The largest absolute Gasteiger partial charge is 0.497 e. The van der Waals surface area contributed by atoms with Gasteiger partial charge in [0.05, 0.1) is 24.4 Å². The molecule has 0 spiro atoms. The average molecular weight is 317 g/mol. The van der Waals surface area contributed by atoms with E-state index < -0.39 is 6.10 Å². The van der Waals surface area contributed by atoms with Gasteiger partial charge in [0.15, 0.2) is 0 Å². The van der Waals surface area contributed by atoms with Gasteiger partial charge in [-0.15, -0.1) is 0 Å². The third-order valence-electron chi connectivity index (χ3n) is 5.12. The van der Waals surface area contributed by atoms with Gasteiger partial charge in [0.2, 0.25) is 0 Å². The minimum atomic E-state index is -0.712. The van der Waals surface area contributed by atoms with E-state index in [9.17, 15) is 9.90 Å². The van der Waals surface area contributed by atoms with Crippen molar-refractivity contribution >= 4 is 17.2 Å². The summed E-state index contributed by atoms with van der Waals surface area (Å²) in [7, 11) is 1.59. The summed E-state index contributed by atoms with van der Waals surface area (Å²) < 4.78 is 5.25. The van der Waals surface area contributed by atoms with Gasteiger partial charge >= 0.3 is 0 Å². The highest BCUT2D eigenvalue weighted by Crippen LogP contribution is 2.50. The lowest BCUT2D eigenvalue weighted by Crippen LogP contribution is -2.38. The third-order valence-corrected chi connectivity index (χ3v) is 5.12. The summed E-state index contributed by atoms with van der Waals surface area (Å²) in [5.74, 6) is 0.573. The molecule has 1 N–H and O–H groups in total. The number of hydrogen-bond acceptors (Lipinski definition) is 3. The highest BCUT2D eigenvalue weighted by molar-refractivity contribution is 6.12. The molecule has 4 nitrogen and oxygen atoms in total. The molecule has 0 unspecified atom stereocenters. The number of aliphatic hydroxyl groups is 1. The molecule has 0 radical (unpaired) electrons. The SMILES string of the molecule is COc1ccc2c(c1)C(=O)N1C2=CC=C2c3ccccc3[C@@H](O)[C@@H]21. The minimum Gasteiger partial charge on any atom is -0.497 e. The van der Waals surface area contributed by atoms with Crippen molar-refractivity contribution < 1.29 is 14.6 Å². The van der Waals surface area contributed by atoms with Crippen LogP contribution in [-0.4, -0.2) is 29.1 Å². The summed E-state index contributed by atoms with van der Waals surface area (Å²) in [6.07, 6.45) is 3.28. The van der Waals surface area contributed by atoms with Crippen molar-refractivity contribution in [2.45, 2.75) is 12.1 Å². The van der Waals surface area contributed by atoms with Gasteiger partial charge < -0.3 is 9.84 Å². The number of fused-ring (bicyclic) bond motifs is 7. The molecule has 2 aromatic rings. The van der Waals surface area contributed by atoms with Crippen LogP contribution >= 0.6 is 0 Å². The van der Waals surface area contributed by atoms with E-state index in [1.54, 1.807) is 18.1 Å². The van der Waals surface area contributed by atoms with Gasteiger partial charge in [-0.25, -0.2) is 0 Å². The van der Waals surface area contributed by atoms with E-state index in [-0.39, 0.29) is 11.9 Å². The van der Waals surface area contributed by atoms with Gasteiger partial charge in [0.25, 0.3) is 5.91 Å². The molecule has 1 amide bonds. The lowest BCUT2D eigenvalue weighted by Gasteiger charge is -2.32. The quantitative estimate of drug-likeness (QED) is 0.879. The third kappa shape index (κ3) is 1.53. The second-order valence-corrected chi connectivity index (χ2v) is 6.24. The molecular formula is C20H15NO3. The predicted molar refractivity (Wildman–Crippen MR) is 90.3 cm³/mol. The topological polar surface area (TPSA) is 49.8 Å². The fourth-order valence-corrected chi connectivity index (χ4v) is 4.02. The van der Waals surface area contributed by atoms with Crippen LogP contribution in [0.15, 0.2) is 54.6 Å². The first-order valence-electron chi connectivity index (χ1n) is 7.92.